The molecule has 0 saturated heterocycles. The standard InChI is InChI=1S/C12H18O5/c1-3-4-5-6-10(12(15)16)8-17-7-9(2)11(13)14/h6H,2-5,7-8H2,1H3,(H,13,14)(H,15,16)/b10-6-. The summed E-state index contributed by atoms with van der Waals surface area (Å²) in [5.74, 6) is -2.18. The molecule has 0 aliphatic rings. The molecule has 0 bridgehead atoms. The van der Waals surface area contributed by atoms with Crippen LogP contribution in [0.3, 0.4) is 0 Å². The lowest BCUT2D eigenvalue weighted by molar-refractivity contribution is -0.133. The second kappa shape index (κ2) is 8.52. The molecule has 5 nitrogen and oxygen atoms in total. The summed E-state index contributed by atoms with van der Waals surface area (Å²) in [7, 11) is 0. The largest absolute Gasteiger partial charge is 0.478 e. The number of unbranched alkanes of at least 4 members (excludes halogenated alkanes) is 2. The first-order chi connectivity index (χ1) is 7.99. The molecule has 0 radical (unpaired) electrons. The first-order valence-electron chi connectivity index (χ1n) is 5.40. The lowest BCUT2D eigenvalue weighted by Gasteiger charge is -2.05. The predicted octanol–water partition coefficient (Wildman–Crippen LogP) is 1.84. The Kier molecular flexibility index (Phi) is 7.71. The molecule has 96 valence electrons. The van der Waals surface area contributed by atoms with Crippen LogP contribution in [-0.2, 0) is 14.3 Å². The van der Waals surface area contributed by atoms with Gasteiger partial charge in [0.1, 0.15) is 0 Å². The minimum atomic E-state index is -1.14. The van der Waals surface area contributed by atoms with Gasteiger partial charge in [0.2, 0.25) is 0 Å². The Bertz CT molecular complexity index is 317. The van der Waals surface area contributed by atoms with Gasteiger partial charge in [-0.2, -0.15) is 0 Å². The van der Waals surface area contributed by atoms with Gasteiger partial charge in [-0.3, -0.25) is 0 Å². The number of carboxylic acid groups (broad SMARTS) is 2. The van der Waals surface area contributed by atoms with E-state index in [0.29, 0.717) is 6.42 Å². The summed E-state index contributed by atoms with van der Waals surface area (Å²) in [6.45, 7) is 5.02. The maximum absolute atomic E-state index is 10.8. The van der Waals surface area contributed by atoms with Crippen LogP contribution in [0.5, 0.6) is 0 Å². The van der Waals surface area contributed by atoms with Crippen molar-refractivity contribution in [3.63, 3.8) is 0 Å². The summed E-state index contributed by atoms with van der Waals surface area (Å²) >= 11 is 0. The Balaban J connectivity index is 4.10. The Labute approximate surface area is 100 Å². The van der Waals surface area contributed by atoms with Crippen LogP contribution in [0.25, 0.3) is 0 Å². The first kappa shape index (κ1) is 15.4. The quantitative estimate of drug-likeness (QED) is 0.476. The topological polar surface area (TPSA) is 83.8 Å². The third kappa shape index (κ3) is 7.30. The van der Waals surface area contributed by atoms with Gasteiger partial charge < -0.3 is 14.9 Å². The second-order valence-corrected chi connectivity index (χ2v) is 3.58. The van der Waals surface area contributed by atoms with E-state index in [-0.39, 0.29) is 24.4 Å². The van der Waals surface area contributed by atoms with Crippen molar-refractivity contribution in [2.75, 3.05) is 13.2 Å². The molecule has 0 atom stereocenters. The molecule has 0 amide bonds. The Morgan fingerprint density at radius 1 is 1.24 bits per heavy atom. The number of allylic oxidation sites excluding steroid dienone is 1. The Hall–Kier alpha value is -1.62. The number of carbonyl (C=O) groups is 2. The van der Waals surface area contributed by atoms with Gasteiger partial charge in [0.05, 0.1) is 24.4 Å². The Morgan fingerprint density at radius 3 is 2.35 bits per heavy atom. The SMILES string of the molecule is C=C(COC/C(=C/CCCC)C(=O)O)C(=O)O. The number of carboxylic acids is 2. The van der Waals surface area contributed by atoms with E-state index in [9.17, 15) is 9.59 Å². The minimum Gasteiger partial charge on any atom is -0.478 e. The molecule has 0 unspecified atom stereocenters. The van der Waals surface area contributed by atoms with Crippen molar-refractivity contribution < 1.29 is 24.5 Å². The molecule has 0 aromatic heterocycles. The van der Waals surface area contributed by atoms with Crippen LogP contribution in [0.1, 0.15) is 26.2 Å². The van der Waals surface area contributed by atoms with Gasteiger partial charge in [0, 0.05) is 0 Å². The number of rotatable bonds is 9. The van der Waals surface area contributed by atoms with E-state index in [0.717, 1.165) is 12.8 Å². The summed E-state index contributed by atoms with van der Waals surface area (Å²) in [5.41, 5.74) is 0.0555. The molecule has 0 heterocycles. The monoisotopic (exact) mass is 242 g/mol. The average molecular weight is 242 g/mol. The molecule has 2 N–H and O–H groups in total. The van der Waals surface area contributed by atoms with Crippen molar-refractivity contribution in [3.8, 4) is 0 Å². The average Bonchev–Trinajstić information content (AvgIpc) is 2.26. The van der Waals surface area contributed by atoms with Gasteiger partial charge in [-0.25, -0.2) is 9.59 Å². The molecular weight excluding hydrogens is 224 g/mol. The van der Waals surface area contributed by atoms with Crippen LogP contribution in [0.2, 0.25) is 0 Å². The molecule has 0 aromatic carbocycles. The fraction of sp³-hybridized carbons (Fsp3) is 0.500. The van der Waals surface area contributed by atoms with Crippen LogP contribution < -0.4 is 0 Å². The van der Waals surface area contributed by atoms with Crippen LogP contribution in [0, 0.1) is 0 Å². The van der Waals surface area contributed by atoms with Crippen molar-refractivity contribution in [2.24, 2.45) is 0 Å². The zero-order chi connectivity index (χ0) is 13.3. The van der Waals surface area contributed by atoms with Crippen molar-refractivity contribution in [2.45, 2.75) is 26.2 Å². The Morgan fingerprint density at radius 2 is 1.88 bits per heavy atom. The fourth-order valence-electron chi connectivity index (χ4n) is 1.03. The van der Waals surface area contributed by atoms with Crippen LogP contribution in [-0.4, -0.2) is 35.4 Å². The second-order valence-electron chi connectivity index (χ2n) is 3.58. The highest BCUT2D eigenvalue weighted by atomic mass is 16.5. The molecule has 0 saturated carbocycles. The van der Waals surface area contributed by atoms with E-state index >= 15 is 0 Å². The normalized spacial score (nSPS) is 11.2. The third-order valence-electron chi connectivity index (χ3n) is 2.06. The molecular formula is C12H18O5. The zero-order valence-corrected chi connectivity index (χ0v) is 9.94. The lowest BCUT2D eigenvalue weighted by atomic mass is 10.2. The number of hydrogen-bond acceptors (Lipinski definition) is 3. The van der Waals surface area contributed by atoms with E-state index in [1.807, 2.05) is 6.92 Å². The molecule has 0 spiro atoms. The smallest absolute Gasteiger partial charge is 0.333 e. The van der Waals surface area contributed by atoms with E-state index in [4.69, 9.17) is 14.9 Å². The molecule has 0 fully saturated rings. The van der Waals surface area contributed by atoms with Gasteiger partial charge in [-0.1, -0.05) is 32.4 Å². The van der Waals surface area contributed by atoms with Gasteiger partial charge in [0.25, 0.3) is 0 Å². The van der Waals surface area contributed by atoms with Crippen LogP contribution >= 0.6 is 0 Å². The van der Waals surface area contributed by atoms with Crippen LogP contribution in [0.15, 0.2) is 23.8 Å². The van der Waals surface area contributed by atoms with Crippen LogP contribution in [0.4, 0.5) is 0 Å². The van der Waals surface area contributed by atoms with Gasteiger partial charge in [-0.15, -0.1) is 0 Å². The zero-order valence-electron chi connectivity index (χ0n) is 9.94. The van der Waals surface area contributed by atoms with E-state index in [1.165, 1.54) is 0 Å². The predicted molar refractivity (Wildman–Crippen MR) is 62.8 cm³/mol. The van der Waals surface area contributed by atoms with Crippen molar-refractivity contribution >= 4 is 11.9 Å². The molecule has 17 heavy (non-hydrogen) atoms. The third-order valence-corrected chi connectivity index (χ3v) is 2.06. The highest BCUT2D eigenvalue weighted by Crippen LogP contribution is 2.04. The molecule has 0 aromatic rings. The minimum absolute atomic E-state index is 0.0942. The van der Waals surface area contributed by atoms with Crippen molar-refractivity contribution in [3.05, 3.63) is 23.8 Å². The van der Waals surface area contributed by atoms with Crippen molar-refractivity contribution in [1.29, 1.82) is 0 Å². The molecule has 0 rings (SSSR count). The first-order valence-corrected chi connectivity index (χ1v) is 5.40. The number of ether oxygens (including phenoxy) is 1. The maximum Gasteiger partial charge on any atom is 0.333 e. The highest BCUT2D eigenvalue weighted by molar-refractivity contribution is 5.87. The molecule has 5 heteroatoms. The highest BCUT2D eigenvalue weighted by Gasteiger charge is 2.09. The lowest BCUT2D eigenvalue weighted by Crippen LogP contribution is -2.12. The van der Waals surface area contributed by atoms with E-state index < -0.39 is 11.9 Å². The number of hydrogen-bond donors (Lipinski definition) is 2. The number of aliphatic carboxylic acids is 2. The maximum atomic E-state index is 10.8. The van der Waals surface area contributed by atoms with Gasteiger partial charge in [0.15, 0.2) is 0 Å². The van der Waals surface area contributed by atoms with E-state index in [1.54, 1.807) is 6.08 Å². The summed E-state index contributed by atoms with van der Waals surface area (Å²) in [5, 5.41) is 17.4. The molecule has 0 aliphatic carbocycles. The van der Waals surface area contributed by atoms with Crippen molar-refractivity contribution in [1.82, 2.24) is 0 Å². The summed E-state index contributed by atoms with van der Waals surface area (Å²) in [4.78, 5) is 21.2. The van der Waals surface area contributed by atoms with Gasteiger partial charge in [-0.05, 0) is 6.42 Å². The summed E-state index contributed by atoms with van der Waals surface area (Å²) in [6, 6.07) is 0. The fourth-order valence-corrected chi connectivity index (χ4v) is 1.03. The van der Waals surface area contributed by atoms with Gasteiger partial charge >= 0.3 is 11.9 Å². The summed E-state index contributed by atoms with van der Waals surface area (Å²) in [6.07, 6.45) is 4.19. The summed E-state index contributed by atoms with van der Waals surface area (Å²) < 4.78 is 4.98. The van der Waals surface area contributed by atoms with E-state index in [2.05, 4.69) is 6.58 Å². The molecule has 0 aliphatic heterocycles.